The molecule has 15 heavy (non-hydrogen) atoms. The molecule has 1 rings (SSSR count). The third-order valence-electron chi connectivity index (χ3n) is 2.90. The van der Waals surface area contributed by atoms with Crippen LogP contribution in [0, 0.1) is 5.92 Å². The van der Waals surface area contributed by atoms with Gasteiger partial charge in [0.05, 0.1) is 0 Å². The minimum Gasteiger partial charge on any atom is -0.365 e. The summed E-state index contributed by atoms with van der Waals surface area (Å²) in [4.78, 5) is 0. The molecule has 5 heteroatoms. The molecule has 1 heterocycles. The van der Waals surface area contributed by atoms with Crippen LogP contribution in [0.25, 0.3) is 0 Å². The molecular weight excluding hydrogens is 208 g/mol. The van der Waals surface area contributed by atoms with Crippen molar-refractivity contribution in [3.8, 4) is 0 Å². The number of hydrogen-bond acceptors (Lipinski definition) is 3. The van der Waals surface area contributed by atoms with Crippen LogP contribution in [0.1, 0.15) is 26.7 Å². The monoisotopic (exact) mass is 230 g/mol. The summed E-state index contributed by atoms with van der Waals surface area (Å²) in [6, 6.07) is 0. The maximum absolute atomic E-state index is 4.98. The van der Waals surface area contributed by atoms with E-state index in [0.29, 0.717) is 5.11 Å². The van der Waals surface area contributed by atoms with Crippen molar-refractivity contribution in [3.05, 3.63) is 0 Å². The van der Waals surface area contributed by atoms with Crippen LogP contribution in [0.2, 0.25) is 0 Å². The molecule has 1 fully saturated rings. The van der Waals surface area contributed by atoms with Gasteiger partial charge in [-0.05, 0) is 44.4 Å². The summed E-state index contributed by atoms with van der Waals surface area (Å²) in [5.74, 6) is 0.800. The average molecular weight is 230 g/mol. The van der Waals surface area contributed by atoms with E-state index in [4.69, 9.17) is 12.2 Å². The minimum absolute atomic E-state index is 0.175. The summed E-state index contributed by atoms with van der Waals surface area (Å²) in [7, 11) is 1.81. The Morgan fingerprint density at radius 1 is 1.60 bits per heavy atom. The zero-order valence-corrected chi connectivity index (χ0v) is 10.6. The van der Waals surface area contributed by atoms with Crippen molar-refractivity contribution in [3.63, 3.8) is 0 Å². The molecule has 4 N–H and O–H groups in total. The van der Waals surface area contributed by atoms with Gasteiger partial charge in [-0.25, -0.2) is 5.43 Å². The molecule has 1 saturated heterocycles. The second-order valence-electron chi connectivity index (χ2n) is 4.64. The fraction of sp³-hybridized carbons (Fsp3) is 0.900. The van der Waals surface area contributed by atoms with Crippen LogP contribution in [-0.2, 0) is 0 Å². The zero-order chi connectivity index (χ0) is 11.3. The fourth-order valence-electron chi connectivity index (χ4n) is 2.08. The number of thiocarbonyl (C=S) groups is 1. The van der Waals surface area contributed by atoms with Gasteiger partial charge < -0.3 is 10.6 Å². The maximum atomic E-state index is 4.98. The lowest BCUT2D eigenvalue weighted by atomic mass is 9.84. The Bertz CT molecular complexity index is 221. The highest BCUT2D eigenvalue weighted by atomic mass is 32.1. The largest absolute Gasteiger partial charge is 0.365 e. The van der Waals surface area contributed by atoms with Crippen molar-refractivity contribution in [2.45, 2.75) is 32.2 Å². The van der Waals surface area contributed by atoms with Crippen molar-refractivity contribution >= 4 is 17.3 Å². The number of piperidine rings is 1. The average Bonchev–Trinajstić information content (AvgIpc) is 2.16. The highest BCUT2D eigenvalue weighted by Gasteiger charge is 2.29. The SMILES string of the molecule is CNC(=S)NNCC1(C)CC(C)CCN1. The Kier molecular flexibility index (Phi) is 4.76. The Morgan fingerprint density at radius 3 is 2.93 bits per heavy atom. The minimum atomic E-state index is 0.175. The summed E-state index contributed by atoms with van der Waals surface area (Å²) in [5, 5.41) is 7.04. The van der Waals surface area contributed by atoms with E-state index < -0.39 is 0 Å². The smallest absolute Gasteiger partial charge is 0.180 e. The molecule has 0 radical (unpaired) electrons. The van der Waals surface area contributed by atoms with Gasteiger partial charge in [0.15, 0.2) is 5.11 Å². The van der Waals surface area contributed by atoms with Crippen molar-refractivity contribution in [1.82, 2.24) is 21.5 Å². The third-order valence-corrected chi connectivity index (χ3v) is 3.20. The third kappa shape index (κ3) is 4.32. The van der Waals surface area contributed by atoms with Gasteiger partial charge in [-0.1, -0.05) is 6.92 Å². The van der Waals surface area contributed by atoms with Crippen molar-refractivity contribution in [1.29, 1.82) is 0 Å². The molecule has 2 unspecified atom stereocenters. The van der Waals surface area contributed by atoms with E-state index in [1.54, 1.807) is 7.05 Å². The van der Waals surface area contributed by atoms with Crippen molar-refractivity contribution < 1.29 is 0 Å². The Morgan fingerprint density at radius 2 is 2.33 bits per heavy atom. The lowest BCUT2D eigenvalue weighted by Crippen LogP contribution is -2.57. The van der Waals surface area contributed by atoms with Gasteiger partial charge in [-0.3, -0.25) is 5.43 Å². The van der Waals surface area contributed by atoms with Crippen LogP contribution in [0.4, 0.5) is 0 Å². The van der Waals surface area contributed by atoms with Crippen LogP contribution in [-0.4, -0.2) is 30.8 Å². The quantitative estimate of drug-likeness (QED) is 0.417. The summed E-state index contributed by atoms with van der Waals surface area (Å²) in [5.41, 5.74) is 6.28. The van der Waals surface area contributed by atoms with Gasteiger partial charge >= 0.3 is 0 Å². The summed E-state index contributed by atoms with van der Waals surface area (Å²) >= 11 is 4.98. The van der Waals surface area contributed by atoms with Crippen LogP contribution in [0.15, 0.2) is 0 Å². The predicted octanol–water partition coefficient (Wildman–Crippen LogP) is 0.363. The molecular formula is C10H22N4S. The molecule has 0 aromatic heterocycles. The molecule has 0 saturated carbocycles. The number of hydrazine groups is 1. The highest BCUT2D eigenvalue weighted by Crippen LogP contribution is 2.22. The molecule has 0 aromatic carbocycles. The van der Waals surface area contributed by atoms with Gasteiger partial charge in [0, 0.05) is 19.1 Å². The first-order valence-electron chi connectivity index (χ1n) is 5.51. The predicted molar refractivity (Wildman–Crippen MR) is 67.6 cm³/mol. The summed E-state index contributed by atoms with van der Waals surface area (Å²) in [6.45, 7) is 6.54. The van der Waals surface area contributed by atoms with E-state index in [-0.39, 0.29) is 5.54 Å². The van der Waals surface area contributed by atoms with Gasteiger partial charge in [0.25, 0.3) is 0 Å². The van der Waals surface area contributed by atoms with Crippen LogP contribution >= 0.6 is 12.2 Å². The molecule has 0 aliphatic carbocycles. The normalized spacial score (nSPS) is 31.0. The van der Waals surface area contributed by atoms with Crippen LogP contribution in [0.3, 0.4) is 0 Å². The summed E-state index contributed by atoms with van der Waals surface area (Å²) in [6.07, 6.45) is 2.48. The number of hydrogen-bond donors (Lipinski definition) is 4. The summed E-state index contributed by atoms with van der Waals surface area (Å²) < 4.78 is 0. The van der Waals surface area contributed by atoms with E-state index in [0.717, 1.165) is 19.0 Å². The maximum Gasteiger partial charge on any atom is 0.180 e. The molecule has 0 amide bonds. The lowest BCUT2D eigenvalue weighted by Gasteiger charge is -2.38. The fourth-order valence-corrected chi connectivity index (χ4v) is 2.15. The Balaban J connectivity index is 2.26. The van der Waals surface area contributed by atoms with E-state index in [2.05, 4.69) is 35.3 Å². The van der Waals surface area contributed by atoms with Gasteiger partial charge in [-0.15, -0.1) is 0 Å². The molecule has 2 atom stereocenters. The lowest BCUT2D eigenvalue weighted by molar-refractivity contribution is 0.214. The number of nitrogens with one attached hydrogen (secondary N) is 4. The van der Waals surface area contributed by atoms with Crippen molar-refractivity contribution in [2.24, 2.45) is 5.92 Å². The molecule has 0 spiro atoms. The van der Waals surface area contributed by atoms with E-state index in [9.17, 15) is 0 Å². The Labute approximate surface area is 97.5 Å². The second-order valence-corrected chi connectivity index (χ2v) is 5.05. The first-order chi connectivity index (χ1) is 7.06. The molecule has 0 aromatic rings. The number of rotatable bonds is 3. The molecule has 1 aliphatic rings. The first-order valence-corrected chi connectivity index (χ1v) is 5.92. The van der Waals surface area contributed by atoms with E-state index in [1.807, 2.05) is 0 Å². The van der Waals surface area contributed by atoms with Crippen LogP contribution < -0.4 is 21.5 Å². The molecule has 0 bridgehead atoms. The second kappa shape index (κ2) is 5.63. The molecule has 1 aliphatic heterocycles. The van der Waals surface area contributed by atoms with Gasteiger partial charge in [0.2, 0.25) is 0 Å². The zero-order valence-electron chi connectivity index (χ0n) is 9.81. The van der Waals surface area contributed by atoms with Gasteiger partial charge in [-0.2, -0.15) is 0 Å². The van der Waals surface area contributed by atoms with E-state index in [1.165, 1.54) is 12.8 Å². The topological polar surface area (TPSA) is 48.1 Å². The first kappa shape index (κ1) is 12.7. The highest BCUT2D eigenvalue weighted by molar-refractivity contribution is 7.80. The van der Waals surface area contributed by atoms with Gasteiger partial charge in [0.1, 0.15) is 0 Å². The van der Waals surface area contributed by atoms with Crippen LogP contribution in [0.5, 0.6) is 0 Å². The van der Waals surface area contributed by atoms with Crippen molar-refractivity contribution in [2.75, 3.05) is 20.1 Å². The molecule has 88 valence electrons. The Hall–Kier alpha value is -0.390. The molecule has 4 nitrogen and oxygen atoms in total. The standard InChI is InChI=1S/C10H22N4S/c1-8-4-5-12-10(2,6-8)7-13-14-9(15)11-3/h8,12-13H,4-7H2,1-3H3,(H2,11,14,15). The van der Waals surface area contributed by atoms with E-state index >= 15 is 0 Å².